The number of fused-ring (bicyclic) bond motifs is 1. The Labute approximate surface area is 198 Å². The molecule has 3 aromatic rings. The maximum absolute atomic E-state index is 14.2. The molecule has 34 heavy (non-hydrogen) atoms. The number of ether oxygens (including phenoxy) is 1. The van der Waals surface area contributed by atoms with Gasteiger partial charge in [-0.2, -0.15) is 0 Å². The normalized spacial score (nSPS) is 14.8. The number of nitrogens with one attached hydrogen (secondary N) is 2. The van der Waals surface area contributed by atoms with E-state index in [0.717, 1.165) is 36.1 Å². The van der Waals surface area contributed by atoms with Crippen molar-refractivity contribution in [3.05, 3.63) is 77.4 Å². The molecule has 178 valence electrons. The van der Waals surface area contributed by atoms with E-state index in [1.807, 2.05) is 37.4 Å². The second kappa shape index (κ2) is 11.1. The molecule has 0 radical (unpaired) electrons. The number of benzene rings is 2. The van der Waals surface area contributed by atoms with Gasteiger partial charge in [0.05, 0.1) is 18.8 Å². The fraction of sp³-hybridized carbons (Fsp3) is 0.308. The Morgan fingerprint density at radius 2 is 1.82 bits per heavy atom. The molecule has 0 aliphatic carbocycles. The summed E-state index contributed by atoms with van der Waals surface area (Å²) in [6, 6.07) is 13.6. The van der Waals surface area contributed by atoms with Crippen LogP contribution in [0, 0.1) is 5.82 Å². The highest BCUT2D eigenvalue weighted by Crippen LogP contribution is 2.23. The molecule has 1 aliphatic heterocycles. The molecule has 2 heterocycles. The summed E-state index contributed by atoms with van der Waals surface area (Å²) in [6.07, 6.45) is 3.60. The van der Waals surface area contributed by atoms with Crippen molar-refractivity contribution in [3.8, 4) is 0 Å². The number of rotatable bonds is 8. The Morgan fingerprint density at radius 3 is 2.59 bits per heavy atom. The maximum Gasteiger partial charge on any atom is 0.267 e. The van der Waals surface area contributed by atoms with Crippen LogP contribution in [0.5, 0.6) is 0 Å². The largest absolute Gasteiger partial charge is 0.379 e. The Hall–Kier alpha value is -3.49. The first-order chi connectivity index (χ1) is 16.6. The molecule has 0 unspecified atom stereocenters. The maximum atomic E-state index is 14.2. The van der Waals surface area contributed by atoms with E-state index in [9.17, 15) is 14.0 Å². The van der Waals surface area contributed by atoms with Crippen molar-refractivity contribution < 1.29 is 18.7 Å². The van der Waals surface area contributed by atoms with Crippen molar-refractivity contribution in [2.24, 2.45) is 0 Å². The number of carbonyl (C=O) groups excluding carboxylic acids is 2. The first kappa shape index (κ1) is 23.7. The highest BCUT2D eigenvalue weighted by Gasteiger charge is 2.19. The van der Waals surface area contributed by atoms with Crippen LogP contribution in [0.3, 0.4) is 0 Å². The predicted octanol–water partition coefficient (Wildman–Crippen LogP) is 3.02. The molecule has 4 rings (SSSR count). The van der Waals surface area contributed by atoms with Crippen LogP contribution in [-0.2, 0) is 16.1 Å². The molecular weight excluding hydrogens is 435 g/mol. The minimum Gasteiger partial charge on any atom is -0.379 e. The lowest BCUT2D eigenvalue weighted by molar-refractivity contribution is -0.117. The molecular formula is C26H29FN4O3. The van der Waals surface area contributed by atoms with Gasteiger partial charge in [0.2, 0.25) is 0 Å². The SMILES string of the molecule is CCn1cc(/C=C(\NC(=O)c2ccccc2F)C(=O)NCCN2CCOCC2)c2ccccc21. The molecule has 1 aliphatic rings. The summed E-state index contributed by atoms with van der Waals surface area (Å²) in [4.78, 5) is 28.1. The van der Waals surface area contributed by atoms with Crippen LogP contribution in [0.25, 0.3) is 17.0 Å². The van der Waals surface area contributed by atoms with Crippen molar-refractivity contribution in [2.75, 3.05) is 39.4 Å². The van der Waals surface area contributed by atoms with E-state index in [1.54, 1.807) is 12.1 Å². The zero-order chi connectivity index (χ0) is 23.9. The molecule has 2 N–H and O–H groups in total. The van der Waals surface area contributed by atoms with Gasteiger partial charge in [0.15, 0.2) is 0 Å². The minimum absolute atomic E-state index is 0.0641. The average molecular weight is 465 g/mol. The second-order valence-corrected chi connectivity index (χ2v) is 8.09. The monoisotopic (exact) mass is 464 g/mol. The first-order valence-electron chi connectivity index (χ1n) is 11.5. The van der Waals surface area contributed by atoms with E-state index in [-0.39, 0.29) is 11.3 Å². The average Bonchev–Trinajstić information content (AvgIpc) is 3.22. The molecule has 1 saturated heterocycles. The summed E-state index contributed by atoms with van der Waals surface area (Å²) >= 11 is 0. The highest BCUT2D eigenvalue weighted by molar-refractivity contribution is 6.06. The number of aryl methyl sites for hydroxylation is 1. The smallest absolute Gasteiger partial charge is 0.267 e. The van der Waals surface area contributed by atoms with Gasteiger partial charge in [0, 0.05) is 55.4 Å². The summed E-state index contributed by atoms with van der Waals surface area (Å²) in [5.74, 6) is -1.74. The van der Waals surface area contributed by atoms with Gasteiger partial charge < -0.3 is 19.9 Å². The fourth-order valence-electron chi connectivity index (χ4n) is 4.05. The van der Waals surface area contributed by atoms with E-state index < -0.39 is 17.6 Å². The van der Waals surface area contributed by atoms with Crippen molar-refractivity contribution in [2.45, 2.75) is 13.5 Å². The molecule has 0 spiro atoms. The van der Waals surface area contributed by atoms with Gasteiger partial charge in [0.1, 0.15) is 11.5 Å². The summed E-state index contributed by atoms with van der Waals surface area (Å²) in [7, 11) is 0. The third-order valence-corrected chi connectivity index (χ3v) is 5.89. The number of aromatic nitrogens is 1. The van der Waals surface area contributed by atoms with Crippen LogP contribution in [0.4, 0.5) is 4.39 Å². The number of amides is 2. The highest BCUT2D eigenvalue weighted by atomic mass is 19.1. The van der Waals surface area contributed by atoms with Crippen molar-refractivity contribution in [1.82, 2.24) is 20.1 Å². The molecule has 2 aromatic carbocycles. The van der Waals surface area contributed by atoms with E-state index in [2.05, 4.69) is 20.1 Å². The van der Waals surface area contributed by atoms with E-state index >= 15 is 0 Å². The van der Waals surface area contributed by atoms with E-state index in [0.29, 0.717) is 26.3 Å². The number of carbonyl (C=O) groups is 2. The zero-order valence-corrected chi connectivity index (χ0v) is 19.2. The molecule has 8 heteroatoms. The Kier molecular flexibility index (Phi) is 7.72. The van der Waals surface area contributed by atoms with Crippen molar-refractivity contribution in [1.29, 1.82) is 0 Å². The van der Waals surface area contributed by atoms with Crippen LogP contribution in [0.2, 0.25) is 0 Å². The lowest BCUT2D eigenvalue weighted by Crippen LogP contribution is -2.42. The van der Waals surface area contributed by atoms with Crippen molar-refractivity contribution in [3.63, 3.8) is 0 Å². The number of hydrogen-bond donors (Lipinski definition) is 2. The Bertz CT molecular complexity index is 1200. The number of morpholine rings is 1. The van der Waals surface area contributed by atoms with Gasteiger partial charge in [0.25, 0.3) is 11.8 Å². The van der Waals surface area contributed by atoms with E-state index in [1.165, 1.54) is 18.2 Å². The molecule has 0 atom stereocenters. The Morgan fingerprint density at radius 1 is 1.09 bits per heavy atom. The minimum atomic E-state index is -0.674. The second-order valence-electron chi connectivity index (χ2n) is 8.09. The molecule has 2 amide bonds. The van der Waals surface area contributed by atoms with Gasteiger partial charge in [-0.15, -0.1) is 0 Å². The predicted molar refractivity (Wildman–Crippen MR) is 130 cm³/mol. The number of halogens is 1. The third-order valence-electron chi connectivity index (χ3n) is 5.89. The van der Waals surface area contributed by atoms with Crippen LogP contribution >= 0.6 is 0 Å². The van der Waals surface area contributed by atoms with Crippen molar-refractivity contribution >= 4 is 28.8 Å². The number of nitrogens with zero attached hydrogens (tertiary/aromatic N) is 2. The summed E-state index contributed by atoms with van der Waals surface area (Å²) < 4.78 is 21.6. The molecule has 0 saturated carbocycles. The molecule has 7 nitrogen and oxygen atoms in total. The topological polar surface area (TPSA) is 75.6 Å². The Balaban J connectivity index is 1.59. The van der Waals surface area contributed by atoms with E-state index in [4.69, 9.17) is 4.74 Å². The zero-order valence-electron chi connectivity index (χ0n) is 19.2. The van der Waals surface area contributed by atoms with Gasteiger partial charge >= 0.3 is 0 Å². The van der Waals surface area contributed by atoms with Gasteiger partial charge in [-0.25, -0.2) is 4.39 Å². The number of hydrogen-bond acceptors (Lipinski definition) is 4. The molecule has 0 bridgehead atoms. The molecule has 1 fully saturated rings. The van der Waals surface area contributed by atoms with Crippen LogP contribution in [0.15, 0.2) is 60.4 Å². The summed E-state index contributed by atoms with van der Waals surface area (Å²) in [5, 5.41) is 6.48. The van der Waals surface area contributed by atoms with Crippen LogP contribution < -0.4 is 10.6 Å². The number of para-hydroxylation sites is 1. The fourth-order valence-corrected chi connectivity index (χ4v) is 4.05. The lowest BCUT2D eigenvalue weighted by atomic mass is 10.1. The summed E-state index contributed by atoms with van der Waals surface area (Å²) in [5.41, 5.74) is 1.77. The quantitative estimate of drug-likeness (QED) is 0.503. The molecule has 1 aromatic heterocycles. The van der Waals surface area contributed by atoms with Crippen LogP contribution in [-0.4, -0.2) is 60.7 Å². The standard InChI is InChI=1S/C26H29FN4O3/c1-2-31-18-19(20-7-4-6-10-24(20)31)17-23(29-25(32)21-8-3-5-9-22(21)27)26(33)28-11-12-30-13-15-34-16-14-30/h3-10,17-18H,2,11-16H2,1H3,(H,28,33)(H,29,32)/b23-17-. The van der Waals surface area contributed by atoms with Gasteiger partial charge in [-0.05, 0) is 31.2 Å². The van der Waals surface area contributed by atoms with Gasteiger partial charge in [-0.1, -0.05) is 30.3 Å². The third kappa shape index (κ3) is 5.52. The van der Waals surface area contributed by atoms with Gasteiger partial charge in [-0.3, -0.25) is 14.5 Å². The summed E-state index contributed by atoms with van der Waals surface area (Å²) in [6.45, 7) is 6.90. The first-order valence-corrected chi connectivity index (χ1v) is 11.5. The van der Waals surface area contributed by atoms with Crippen LogP contribution in [0.1, 0.15) is 22.8 Å². The lowest BCUT2D eigenvalue weighted by Gasteiger charge is -2.26.